The number of carbonyl (C=O) groups excluding carboxylic acids is 1. The van der Waals surface area contributed by atoms with Crippen molar-refractivity contribution in [2.24, 2.45) is 5.92 Å². The van der Waals surface area contributed by atoms with E-state index in [0.29, 0.717) is 22.4 Å². The summed E-state index contributed by atoms with van der Waals surface area (Å²) < 4.78 is 0. The molecule has 3 heterocycles. The maximum atomic E-state index is 12.4. The number of aryl methyl sites for hydroxylation is 1. The van der Waals surface area contributed by atoms with Crippen molar-refractivity contribution in [3.8, 4) is 0 Å². The largest absolute Gasteiger partial charge is 0.481 e. The van der Waals surface area contributed by atoms with Gasteiger partial charge in [0.05, 0.1) is 4.88 Å². The molecule has 11 nitrogen and oxygen atoms in total. The molecule has 2 aromatic heterocycles. The Bertz CT molecular complexity index is 994. The van der Waals surface area contributed by atoms with Gasteiger partial charge in [0.15, 0.2) is 0 Å². The number of thiophene rings is 1. The summed E-state index contributed by atoms with van der Waals surface area (Å²) in [6, 6.07) is 2.24. The summed E-state index contributed by atoms with van der Waals surface area (Å²) in [5.74, 6) is -1.40. The number of rotatable bonds is 9. The Balaban J connectivity index is 1.54. The minimum Gasteiger partial charge on any atom is -0.481 e. The molecule has 0 saturated heterocycles. The van der Waals surface area contributed by atoms with Crippen LogP contribution in [-0.4, -0.2) is 50.6 Å². The summed E-state index contributed by atoms with van der Waals surface area (Å²) in [5, 5.41) is 23.5. The molecule has 3 rings (SSSR count). The van der Waals surface area contributed by atoms with Gasteiger partial charge in [-0.1, -0.05) is 0 Å². The van der Waals surface area contributed by atoms with Crippen LogP contribution in [0.15, 0.2) is 12.1 Å². The quantitative estimate of drug-likeness (QED) is 0.322. The van der Waals surface area contributed by atoms with Crippen LogP contribution in [0.2, 0.25) is 0 Å². The van der Waals surface area contributed by atoms with Crippen LogP contribution in [0.1, 0.15) is 39.4 Å². The first-order valence-electron chi connectivity index (χ1n) is 9.72. The summed E-state index contributed by atoms with van der Waals surface area (Å²) in [5.41, 5.74) is 12.4. The third-order valence-electron chi connectivity index (χ3n) is 5.04. The van der Waals surface area contributed by atoms with E-state index in [1.54, 1.807) is 6.07 Å². The molecule has 0 saturated carbocycles. The number of fused-ring (bicyclic) bond motifs is 1. The van der Waals surface area contributed by atoms with E-state index in [0.717, 1.165) is 36.2 Å². The number of nitrogens with one attached hydrogen (secondary N) is 2. The van der Waals surface area contributed by atoms with E-state index in [2.05, 4.69) is 20.6 Å². The lowest BCUT2D eigenvalue weighted by molar-refractivity contribution is -0.140. The Labute approximate surface area is 181 Å². The van der Waals surface area contributed by atoms with Crippen molar-refractivity contribution < 1.29 is 24.6 Å². The van der Waals surface area contributed by atoms with Gasteiger partial charge in [-0.05, 0) is 43.7 Å². The predicted octanol–water partition coefficient (Wildman–Crippen LogP) is 0.967. The highest BCUT2D eigenvalue weighted by molar-refractivity contribution is 7.14. The van der Waals surface area contributed by atoms with E-state index >= 15 is 0 Å². The number of aromatic nitrogens is 2. The van der Waals surface area contributed by atoms with Crippen molar-refractivity contribution in [1.29, 1.82) is 0 Å². The molecule has 0 unspecified atom stereocenters. The predicted molar refractivity (Wildman–Crippen MR) is 115 cm³/mol. The monoisotopic (exact) mass is 448 g/mol. The molecule has 0 spiro atoms. The zero-order chi connectivity index (χ0) is 22.5. The second-order valence-corrected chi connectivity index (χ2v) is 8.51. The fourth-order valence-corrected chi connectivity index (χ4v) is 4.33. The number of nitrogens with two attached hydrogens (primary N) is 2. The Morgan fingerprint density at radius 3 is 2.74 bits per heavy atom. The Morgan fingerprint density at radius 2 is 2.03 bits per heavy atom. The van der Waals surface area contributed by atoms with Gasteiger partial charge in [-0.2, -0.15) is 9.97 Å². The van der Waals surface area contributed by atoms with Crippen LogP contribution in [0.25, 0.3) is 0 Å². The number of nitrogen functional groups attached to an aromatic ring is 2. The second kappa shape index (κ2) is 9.60. The molecule has 0 aromatic carbocycles. The van der Waals surface area contributed by atoms with Crippen molar-refractivity contribution in [1.82, 2.24) is 15.3 Å². The summed E-state index contributed by atoms with van der Waals surface area (Å²) in [6.45, 7) is 0.728. The number of carboxylic acids is 2. The Hall–Kier alpha value is -3.41. The molecule has 1 aliphatic rings. The van der Waals surface area contributed by atoms with Gasteiger partial charge in [0.2, 0.25) is 5.95 Å². The SMILES string of the molecule is Nc1nc(N)c2c(n1)NC[C@@H](CCc1ccc(C(=O)N[C@@H](CCC(=O)O)C(=O)O)s1)C2. The molecule has 166 valence electrons. The van der Waals surface area contributed by atoms with Crippen LogP contribution >= 0.6 is 11.3 Å². The van der Waals surface area contributed by atoms with Gasteiger partial charge >= 0.3 is 11.9 Å². The summed E-state index contributed by atoms with van der Waals surface area (Å²) >= 11 is 1.29. The highest BCUT2D eigenvalue weighted by atomic mass is 32.1. The fraction of sp³-hybridized carbons (Fsp3) is 0.421. The molecule has 0 bridgehead atoms. The molecule has 0 aliphatic carbocycles. The van der Waals surface area contributed by atoms with E-state index in [1.807, 2.05) is 6.07 Å². The van der Waals surface area contributed by atoms with Gasteiger partial charge < -0.3 is 32.3 Å². The maximum Gasteiger partial charge on any atom is 0.326 e. The molecule has 8 N–H and O–H groups in total. The van der Waals surface area contributed by atoms with Crippen LogP contribution in [-0.2, 0) is 22.4 Å². The number of hydrogen-bond acceptors (Lipinski definition) is 9. The van der Waals surface area contributed by atoms with Crippen molar-refractivity contribution in [2.75, 3.05) is 23.3 Å². The van der Waals surface area contributed by atoms with Gasteiger partial charge in [0, 0.05) is 23.4 Å². The zero-order valence-electron chi connectivity index (χ0n) is 16.6. The van der Waals surface area contributed by atoms with Crippen LogP contribution in [0.5, 0.6) is 0 Å². The van der Waals surface area contributed by atoms with Gasteiger partial charge in [-0.3, -0.25) is 9.59 Å². The van der Waals surface area contributed by atoms with E-state index in [9.17, 15) is 19.5 Å². The summed E-state index contributed by atoms with van der Waals surface area (Å²) in [6.07, 6.45) is 1.82. The third kappa shape index (κ3) is 5.81. The molecular formula is C19H24N6O5S. The molecular weight excluding hydrogens is 424 g/mol. The maximum absolute atomic E-state index is 12.4. The first kappa shape index (κ1) is 22.3. The summed E-state index contributed by atoms with van der Waals surface area (Å²) in [4.78, 5) is 43.8. The lowest BCUT2D eigenvalue weighted by Crippen LogP contribution is -2.40. The topological polar surface area (TPSA) is 194 Å². The van der Waals surface area contributed by atoms with Gasteiger partial charge in [0.1, 0.15) is 17.7 Å². The van der Waals surface area contributed by atoms with Crippen LogP contribution < -0.4 is 22.1 Å². The minimum atomic E-state index is -1.26. The lowest BCUT2D eigenvalue weighted by atomic mass is 9.92. The van der Waals surface area contributed by atoms with E-state index < -0.39 is 23.9 Å². The molecule has 0 radical (unpaired) electrons. The normalized spacial score (nSPS) is 16.1. The van der Waals surface area contributed by atoms with E-state index in [-0.39, 0.29) is 18.8 Å². The number of aliphatic carboxylic acids is 2. The molecule has 1 amide bonds. The lowest BCUT2D eigenvalue weighted by Gasteiger charge is -2.26. The van der Waals surface area contributed by atoms with E-state index in [4.69, 9.17) is 16.6 Å². The number of amides is 1. The molecule has 12 heteroatoms. The van der Waals surface area contributed by atoms with Gasteiger partial charge in [-0.15, -0.1) is 11.3 Å². The number of carbonyl (C=O) groups is 3. The molecule has 31 heavy (non-hydrogen) atoms. The minimum absolute atomic E-state index is 0.139. The molecule has 0 fully saturated rings. The Kier molecular flexibility index (Phi) is 6.90. The van der Waals surface area contributed by atoms with Gasteiger partial charge in [0.25, 0.3) is 5.91 Å². The molecule has 2 aromatic rings. The third-order valence-corrected chi connectivity index (χ3v) is 6.19. The van der Waals surface area contributed by atoms with Crippen LogP contribution in [0.4, 0.5) is 17.6 Å². The van der Waals surface area contributed by atoms with Crippen molar-refractivity contribution in [3.05, 3.63) is 27.5 Å². The molecule has 2 atom stereocenters. The first-order valence-corrected chi connectivity index (χ1v) is 10.5. The second-order valence-electron chi connectivity index (χ2n) is 7.35. The number of hydrogen-bond donors (Lipinski definition) is 6. The number of carboxylic acid groups (broad SMARTS) is 2. The van der Waals surface area contributed by atoms with Crippen LogP contribution in [0, 0.1) is 5.92 Å². The zero-order valence-corrected chi connectivity index (χ0v) is 17.4. The first-order chi connectivity index (χ1) is 14.7. The number of anilines is 3. The van der Waals surface area contributed by atoms with Crippen LogP contribution in [0.3, 0.4) is 0 Å². The standard InChI is InChI=1S/C19H24N6O5S/c20-15-11-7-9(8-22-16(11)25-19(21)24-15)1-2-10-3-5-13(31-10)17(28)23-12(18(29)30)4-6-14(26)27/h3,5,9,12H,1-2,4,6-8H2,(H,23,28)(H,26,27)(H,29,30)(H5,20,21,22,24,25)/t9-,12-/m0/s1. The number of nitrogens with zero attached hydrogens (tertiary/aromatic N) is 2. The Morgan fingerprint density at radius 1 is 1.26 bits per heavy atom. The smallest absolute Gasteiger partial charge is 0.326 e. The average Bonchev–Trinajstić information content (AvgIpc) is 3.18. The highest BCUT2D eigenvalue weighted by Gasteiger charge is 2.24. The summed E-state index contributed by atoms with van der Waals surface area (Å²) in [7, 11) is 0. The van der Waals surface area contributed by atoms with E-state index in [1.165, 1.54) is 11.3 Å². The van der Waals surface area contributed by atoms with Crippen molar-refractivity contribution in [3.63, 3.8) is 0 Å². The fourth-order valence-electron chi connectivity index (χ4n) is 3.41. The average molecular weight is 449 g/mol. The molecule has 1 aliphatic heterocycles. The van der Waals surface area contributed by atoms with Crippen molar-refractivity contribution >= 4 is 46.8 Å². The van der Waals surface area contributed by atoms with Crippen molar-refractivity contribution in [2.45, 2.75) is 38.1 Å². The van der Waals surface area contributed by atoms with Gasteiger partial charge in [-0.25, -0.2) is 4.79 Å². The highest BCUT2D eigenvalue weighted by Crippen LogP contribution is 2.30.